The fraction of sp³-hybridized carbons (Fsp3) is 0.571. The van der Waals surface area contributed by atoms with Crippen molar-refractivity contribution >= 4 is 15.9 Å². The summed E-state index contributed by atoms with van der Waals surface area (Å²) in [6.07, 6.45) is 0. The van der Waals surface area contributed by atoms with Crippen molar-refractivity contribution in [2.24, 2.45) is 5.92 Å². The van der Waals surface area contributed by atoms with E-state index in [1.807, 2.05) is 0 Å². The molecule has 0 saturated carbocycles. The molecule has 1 aromatic rings. The smallest absolute Gasteiger partial charge is 0.0236 e. The monoisotopic (exact) mass is 283 g/mol. The second kappa shape index (κ2) is 6.41. The van der Waals surface area contributed by atoms with Gasteiger partial charge in [0.25, 0.3) is 0 Å². The van der Waals surface area contributed by atoms with Crippen molar-refractivity contribution in [3.05, 3.63) is 34.3 Å². The Hall–Kier alpha value is -0.340. The summed E-state index contributed by atoms with van der Waals surface area (Å²) >= 11 is 3.52. The molecule has 1 aromatic carbocycles. The van der Waals surface area contributed by atoms with Crippen LogP contribution in [0.5, 0.6) is 0 Å². The van der Waals surface area contributed by atoms with E-state index in [9.17, 15) is 0 Å². The van der Waals surface area contributed by atoms with Crippen LogP contribution < -0.4 is 0 Å². The Kier molecular flexibility index (Phi) is 5.50. The molecule has 2 heteroatoms. The molecular formula is C14H22BrN. The van der Waals surface area contributed by atoms with Crippen molar-refractivity contribution in [1.29, 1.82) is 0 Å². The first-order valence-electron chi connectivity index (χ1n) is 5.97. The molecule has 0 aliphatic carbocycles. The summed E-state index contributed by atoms with van der Waals surface area (Å²) in [5, 5.41) is 0. The van der Waals surface area contributed by atoms with Crippen LogP contribution in [-0.2, 0) is 6.54 Å². The van der Waals surface area contributed by atoms with Gasteiger partial charge in [0.05, 0.1) is 0 Å². The normalized spacial score (nSPS) is 11.8. The van der Waals surface area contributed by atoms with Crippen molar-refractivity contribution in [3.8, 4) is 0 Å². The van der Waals surface area contributed by atoms with E-state index in [0.29, 0.717) is 6.04 Å². The van der Waals surface area contributed by atoms with E-state index in [1.54, 1.807) is 0 Å². The van der Waals surface area contributed by atoms with Crippen molar-refractivity contribution in [2.75, 3.05) is 6.54 Å². The summed E-state index contributed by atoms with van der Waals surface area (Å²) < 4.78 is 1.17. The molecule has 0 fully saturated rings. The van der Waals surface area contributed by atoms with Gasteiger partial charge in [-0.05, 0) is 37.5 Å². The Labute approximate surface area is 108 Å². The third kappa shape index (κ3) is 4.67. The lowest BCUT2D eigenvalue weighted by Gasteiger charge is -2.28. The molecule has 0 spiro atoms. The van der Waals surface area contributed by atoms with E-state index in [-0.39, 0.29) is 0 Å². The Bertz CT molecular complexity index is 320. The van der Waals surface area contributed by atoms with Gasteiger partial charge in [-0.2, -0.15) is 0 Å². The molecular weight excluding hydrogens is 262 g/mol. The van der Waals surface area contributed by atoms with Crippen molar-refractivity contribution < 1.29 is 0 Å². The topological polar surface area (TPSA) is 3.24 Å². The maximum Gasteiger partial charge on any atom is 0.0236 e. The lowest BCUT2D eigenvalue weighted by atomic mass is 10.1. The minimum Gasteiger partial charge on any atom is -0.296 e. The molecule has 0 amide bonds. The second-order valence-corrected chi connectivity index (χ2v) is 5.96. The zero-order chi connectivity index (χ0) is 12.1. The second-order valence-electron chi connectivity index (χ2n) is 5.05. The highest BCUT2D eigenvalue weighted by Gasteiger charge is 2.11. The molecule has 1 nitrogen and oxygen atoms in total. The van der Waals surface area contributed by atoms with Crippen molar-refractivity contribution in [2.45, 2.75) is 40.3 Å². The standard InChI is InChI=1S/C14H22BrN/c1-11(2)9-16(12(3)4)10-13-6-5-7-14(15)8-13/h5-8,11-12H,9-10H2,1-4H3. The van der Waals surface area contributed by atoms with E-state index < -0.39 is 0 Å². The first-order valence-corrected chi connectivity index (χ1v) is 6.77. The Morgan fingerprint density at radius 3 is 2.38 bits per heavy atom. The predicted octanol–water partition coefficient (Wildman–Crippen LogP) is 4.32. The Morgan fingerprint density at radius 2 is 1.88 bits per heavy atom. The number of nitrogens with zero attached hydrogens (tertiary/aromatic N) is 1. The number of benzene rings is 1. The van der Waals surface area contributed by atoms with Gasteiger partial charge in [0.2, 0.25) is 0 Å². The van der Waals surface area contributed by atoms with E-state index in [2.05, 4.69) is 72.8 Å². The SMILES string of the molecule is CC(C)CN(Cc1cccc(Br)c1)C(C)C. The number of halogens is 1. The molecule has 0 unspecified atom stereocenters. The van der Waals surface area contributed by atoms with Crippen LogP contribution in [0.4, 0.5) is 0 Å². The van der Waals surface area contributed by atoms with Crippen molar-refractivity contribution in [1.82, 2.24) is 4.90 Å². The zero-order valence-corrected chi connectivity index (χ0v) is 12.3. The number of hydrogen-bond acceptors (Lipinski definition) is 1. The van der Waals surface area contributed by atoms with Crippen LogP contribution in [0.3, 0.4) is 0 Å². The van der Waals surface area contributed by atoms with Gasteiger partial charge >= 0.3 is 0 Å². The van der Waals surface area contributed by atoms with Gasteiger partial charge < -0.3 is 0 Å². The maximum atomic E-state index is 3.52. The molecule has 0 atom stereocenters. The average molecular weight is 284 g/mol. The molecule has 0 bridgehead atoms. The molecule has 0 aliphatic heterocycles. The van der Waals surface area contributed by atoms with Gasteiger partial charge in [-0.25, -0.2) is 0 Å². The van der Waals surface area contributed by atoms with Crippen LogP contribution in [-0.4, -0.2) is 17.5 Å². The Morgan fingerprint density at radius 1 is 1.19 bits per heavy atom. The largest absolute Gasteiger partial charge is 0.296 e. The summed E-state index contributed by atoms with van der Waals surface area (Å²) in [6, 6.07) is 9.18. The molecule has 0 N–H and O–H groups in total. The van der Waals surface area contributed by atoms with Crippen LogP contribution in [0.2, 0.25) is 0 Å². The lowest BCUT2D eigenvalue weighted by Crippen LogP contribution is -2.33. The van der Waals surface area contributed by atoms with E-state index in [0.717, 1.165) is 19.0 Å². The third-order valence-electron chi connectivity index (χ3n) is 2.60. The van der Waals surface area contributed by atoms with Crippen LogP contribution in [0.25, 0.3) is 0 Å². The van der Waals surface area contributed by atoms with Gasteiger partial charge in [-0.3, -0.25) is 4.90 Å². The molecule has 16 heavy (non-hydrogen) atoms. The average Bonchev–Trinajstić information content (AvgIpc) is 2.15. The zero-order valence-electron chi connectivity index (χ0n) is 10.7. The first kappa shape index (κ1) is 13.7. The van der Waals surface area contributed by atoms with Crippen LogP contribution in [0, 0.1) is 5.92 Å². The quantitative estimate of drug-likeness (QED) is 0.778. The molecule has 0 saturated heterocycles. The van der Waals surface area contributed by atoms with Gasteiger partial charge in [0.15, 0.2) is 0 Å². The highest BCUT2D eigenvalue weighted by atomic mass is 79.9. The highest BCUT2D eigenvalue weighted by molar-refractivity contribution is 9.10. The van der Waals surface area contributed by atoms with E-state index in [4.69, 9.17) is 0 Å². The molecule has 0 radical (unpaired) electrons. The Balaban J connectivity index is 2.68. The molecule has 0 heterocycles. The van der Waals surface area contributed by atoms with E-state index >= 15 is 0 Å². The number of hydrogen-bond donors (Lipinski definition) is 0. The van der Waals surface area contributed by atoms with Gasteiger partial charge in [0.1, 0.15) is 0 Å². The number of rotatable bonds is 5. The summed E-state index contributed by atoms with van der Waals surface area (Å²) in [5.41, 5.74) is 1.38. The molecule has 90 valence electrons. The fourth-order valence-electron chi connectivity index (χ4n) is 1.80. The lowest BCUT2D eigenvalue weighted by molar-refractivity contribution is 0.189. The maximum absolute atomic E-state index is 3.52. The molecule has 1 rings (SSSR count). The molecule has 0 aromatic heterocycles. The summed E-state index contributed by atoms with van der Waals surface area (Å²) in [7, 11) is 0. The van der Waals surface area contributed by atoms with Gasteiger partial charge in [-0.15, -0.1) is 0 Å². The van der Waals surface area contributed by atoms with Crippen molar-refractivity contribution in [3.63, 3.8) is 0 Å². The minimum absolute atomic E-state index is 0.599. The minimum atomic E-state index is 0.599. The van der Waals surface area contributed by atoms with Crippen LogP contribution in [0.1, 0.15) is 33.3 Å². The summed E-state index contributed by atoms with van der Waals surface area (Å²) in [4.78, 5) is 2.52. The molecule has 0 aliphatic rings. The van der Waals surface area contributed by atoms with Gasteiger partial charge in [-0.1, -0.05) is 41.9 Å². The van der Waals surface area contributed by atoms with Crippen LogP contribution in [0.15, 0.2) is 28.7 Å². The fourth-order valence-corrected chi connectivity index (χ4v) is 2.24. The highest BCUT2D eigenvalue weighted by Crippen LogP contribution is 2.15. The first-order chi connectivity index (χ1) is 7.49. The van der Waals surface area contributed by atoms with E-state index in [1.165, 1.54) is 10.0 Å². The summed E-state index contributed by atoms with van der Waals surface area (Å²) in [5.74, 6) is 0.717. The van der Waals surface area contributed by atoms with Crippen LogP contribution >= 0.6 is 15.9 Å². The van der Waals surface area contributed by atoms with Gasteiger partial charge in [0, 0.05) is 23.6 Å². The summed E-state index contributed by atoms with van der Waals surface area (Å²) in [6.45, 7) is 11.3. The predicted molar refractivity (Wildman–Crippen MR) is 74.5 cm³/mol. The third-order valence-corrected chi connectivity index (χ3v) is 3.10.